The van der Waals surface area contributed by atoms with E-state index in [0.717, 1.165) is 6.42 Å². The summed E-state index contributed by atoms with van der Waals surface area (Å²) in [5.74, 6) is 0.275. The highest BCUT2D eigenvalue weighted by atomic mass is 16.3. The van der Waals surface area contributed by atoms with E-state index < -0.39 is 0 Å². The van der Waals surface area contributed by atoms with Gasteiger partial charge in [0.1, 0.15) is 0 Å². The predicted molar refractivity (Wildman–Crippen MR) is 36.9 cm³/mol. The maximum absolute atomic E-state index is 8.64. The van der Waals surface area contributed by atoms with Crippen LogP contribution >= 0.6 is 0 Å². The Morgan fingerprint density at radius 2 is 2.11 bits per heavy atom. The largest absolute Gasteiger partial charge is 0.396 e. The molecule has 1 unspecified atom stereocenters. The van der Waals surface area contributed by atoms with Gasteiger partial charge in [-0.25, -0.2) is 0 Å². The summed E-state index contributed by atoms with van der Waals surface area (Å²) in [5, 5.41) is 17.0. The van der Waals surface area contributed by atoms with Crippen LogP contribution in [-0.4, -0.2) is 23.4 Å². The van der Waals surface area contributed by atoms with Crippen LogP contribution in [0.15, 0.2) is 0 Å². The summed E-state index contributed by atoms with van der Waals surface area (Å²) >= 11 is 0. The molecule has 0 aromatic carbocycles. The van der Waals surface area contributed by atoms with Crippen LogP contribution in [0.5, 0.6) is 0 Å². The lowest BCUT2D eigenvalue weighted by Gasteiger charge is -2.08. The first-order valence-corrected chi connectivity index (χ1v) is 3.40. The molecular formula is C7H15O2. The Kier molecular flexibility index (Phi) is 5.99. The van der Waals surface area contributed by atoms with Gasteiger partial charge in [0.25, 0.3) is 0 Å². The third kappa shape index (κ3) is 4.43. The molecule has 0 heterocycles. The van der Waals surface area contributed by atoms with Crippen LogP contribution in [0.1, 0.15) is 19.8 Å². The third-order valence-corrected chi connectivity index (χ3v) is 1.39. The molecule has 0 saturated carbocycles. The fourth-order valence-electron chi connectivity index (χ4n) is 0.681. The van der Waals surface area contributed by atoms with E-state index in [4.69, 9.17) is 10.2 Å². The molecule has 0 rings (SSSR count). The summed E-state index contributed by atoms with van der Waals surface area (Å²) in [4.78, 5) is 0. The van der Waals surface area contributed by atoms with Crippen LogP contribution in [0.25, 0.3) is 0 Å². The topological polar surface area (TPSA) is 40.5 Å². The summed E-state index contributed by atoms with van der Waals surface area (Å²) in [5.41, 5.74) is 0. The van der Waals surface area contributed by atoms with Crippen molar-refractivity contribution in [2.45, 2.75) is 19.8 Å². The molecule has 55 valence electrons. The fourth-order valence-corrected chi connectivity index (χ4v) is 0.681. The number of aliphatic hydroxyl groups is 2. The van der Waals surface area contributed by atoms with E-state index in [2.05, 4.69) is 0 Å². The van der Waals surface area contributed by atoms with Crippen LogP contribution in [-0.2, 0) is 0 Å². The molecule has 2 nitrogen and oxygen atoms in total. The lowest BCUT2D eigenvalue weighted by molar-refractivity contribution is 0.229. The summed E-state index contributed by atoms with van der Waals surface area (Å²) in [6.07, 6.45) is 3.61. The molecule has 0 aliphatic rings. The Morgan fingerprint density at radius 3 is 2.44 bits per heavy atom. The zero-order valence-electron chi connectivity index (χ0n) is 5.88. The van der Waals surface area contributed by atoms with Crippen LogP contribution in [0.3, 0.4) is 0 Å². The number of hydrogen-bond donors (Lipinski definition) is 2. The van der Waals surface area contributed by atoms with Crippen molar-refractivity contribution in [3.05, 3.63) is 6.42 Å². The molecule has 0 aromatic heterocycles. The van der Waals surface area contributed by atoms with E-state index in [0.29, 0.717) is 6.42 Å². The smallest absolute Gasteiger partial charge is 0.0461 e. The number of rotatable bonds is 5. The van der Waals surface area contributed by atoms with Crippen LogP contribution in [0, 0.1) is 12.3 Å². The Labute approximate surface area is 56.5 Å². The predicted octanol–water partition coefficient (Wildman–Crippen LogP) is 0.592. The molecular weight excluding hydrogens is 116 g/mol. The van der Waals surface area contributed by atoms with Crippen molar-refractivity contribution in [1.29, 1.82) is 0 Å². The summed E-state index contributed by atoms with van der Waals surface area (Å²) in [7, 11) is 0. The van der Waals surface area contributed by atoms with Gasteiger partial charge in [-0.05, 0) is 18.8 Å². The van der Waals surface area contributed by atoms with Gasteiger partial charge in [-0.15, -0.1) is 0 Å². The lowest BCUT2D eigenvalue weighted by Crippen LogP contribution is -2.05. The summed E-state index contributed by atoms with van der Waals surface area (Å²) in [6, 6.07) is 0. The average molecular weight is 131 g/mol. The molecule has 2 N–H and O–H groups in total. The molecule has 0 aromatic rings. The maximum atomic E-state index is 8.64. The van der Waals surface area contributed by atoms with Gasteiger partial charge in [-0.3, -0.25) is 0 Å². The van der Waals surface area contributed by atoms with Gasteiger partial charge in [0.05, 0.1) is 0 Å². The second-order valence-electron chi connectivity index (χ2n) is 2.10. The average Bonchev–Trinajstić information content (AvgIpc) is 1.91. The maximum Gasteiger partial charge on any atom is 0.0461 e. The van der Waals surface area contributed by atoms with Crippen molar-refractivity contribution in [2.24, 2.45) is 5.92 Å². The van der Waals surface area contributed by atoms with E-state index in [1.165, 1.54) is 0 Å². The minimum atomic E-state index is 0.191. The number of aliphatic hydroxyl groups excluding tert-OH is 2. The first kappa shape index (κ1) is 8.92. The third-order valence-electron chi connectivity index (χ3n) is 1.39. The molecule has 0 bridgehead atoms. The van der Waals surface area contributed by atoms with E-state index in [1.54, 1.807) is 0 Å². The first-order chi connectivity index (χ1) is 4.35. The van der Waals surface area contributed by atoms with E-state index in [9.17, 15) is 0 Å². The van der Waals surface area contributed by atoms with Crippen LogP contribution in [0.2, 0.25) is 0 Å². The van der Waals surface area contributed by atoms with Gasteiger partial charge in [-0.2, -0.15) is 0 Å². The SMILES string of the molecule is CCC([CH]CCO)CO. The Balaban J connectivity index is 3.09. The molecule has 0 fully saturated rings. The molecule has 1 radical (unpaired) electrons. The Morgan fingerprint density at radius 1 is 1.44 bits per heavy atom. The van der Waals surface area contributed by atoms with Crippen molar-refractivity contribution in [2.75, 3.05) is 13.2 Å². The van der Waals surface area contributed by atoms with E-state index in [-0.39, 0.29) is 19.1 Å². The van der Waals surface area contributed by atoms with Crippen LogP contribution in [0.4, 0.5) is 0 Å². The molecule has 0 aliphatic heterocycles. The van der Waals surface area contributed by atoms with Crippen LogP contribution < -0.4 is 0 Å². The fraction of sp³-hybridized carbons (Fsp3) is 0.857. The second kappa shape index (κ2) is 6.05. The quantitative estimate of drug-likeness (QED) is 0.573. The lowest BCUT2D eigenvalue weighted by atomic mass is 10.0. The standard InChI is InChI=1S/C7H15O2/c1-2-7(6-9)4-3-5-8/h4,7-9H,2-3,5-6H2,1H3. The van der Waals surface area contributed by atoms with Crippen molar-refractivity contribution < 1.29 is 10.2 Å². The summed E-state index contributed by atoms with van der Waals surface area (Å²) < 4.78 is 0. The van der Waals surface area contributed by atoms with Gasteiger partial charge in [0.2, 0.25) is 0 Å². The minimum Gasteiger partial charge on any atom is -0.396 e. The zero-order chi connectivity index (χ0) is 7.11. The molecule has 0 spiro atoms. The van der Waals surface area contributed by atoms with Crippen molar-refractivity contribution >= 4 is 0 Å². The first-order valence-electron chi connectivity index (χ1n) is 3.40. The van der Waals surface area contributed by atoms with Gasteiger partial charge in [0, 0.05) is 13.2 Å². The van der Waals surface area contributed by atoms with Crippen molar-refractivity contribution in [1.82, 2.24) is 0 Å². The highest BCUT2D eigenvalue weighted by Gasteiger charge is 2.02. The second-order valence-corrected chi connectivity index (χ2v) is 2.10. The van der Waals surface area contributed by atoms with Crippen molar-refractivity contribution in [3.8, 4) is 0 Å². The van der Waals surface area contributed by atoms with Crippen molar-refractivity contribution in [3.63, 3.8) is 0 Å². The van der Waals surface area contributed by atoms with Gasteiger partial charge in [0.15, 0.2) is 0 Å². The Bertz CT molecular complexity index is 50.9. The summed E-state index contributed by atoms with van der Waals surface area (Å²) in [6.45, 7) is 2.42. The minimum absolute atomic E-state index is 0.191. The highest BCUT2D eigenvalue weighted by Crippen LogP contribution is 2.06. The highest BCUT2D eigenvalue weighted by molar-refractivity contribution is 4.73. The Hall–Kier alpha value is -0.0800. The van der Waals surface area contributed by atoms with Gasteiger partial charge in [-0.1, -0.05) is 13.3 Å². The monoisotopic (exact) mass is 131 g/mol. The zero-order valence-corrected chi connectivity index (χ0v) is 5.88. The van der Waals surface area contributed by atoms with E-state index >= 15 is 0 Å². The molecule has 0 aliphatic carbocycles. The molecule has 0 amide bonds. The van der Waals surface area contributed by atoms with Gasteiger partial charge >= 0.3 is 0 Å². The molecule has 9 heavy (non-hydrogen) atoms. The molecule has 2 heteroatoms. The normalized spacial score (nSPS) is 13.7. The number of hydrogen-bond acceptors (Lipinski definition) is 2. The van der Waals surface area contributed by atoms with E-state index in [1.807, 2.05) is 13.3 Å². The van der Waals surface area contributed by atoms with Gasteiger partial charge < -0.3 is 10.2 Å². The molecule has 0 saturated heterocycles. The molecule has 1 atom stereocenters.